The largest absolute Gasteiger partial charge is 0.319 e. The van der Waals surface area contributed by atoms with Crippen molar-refractivity contribution < 1.29 is 0 Å². The molecule has 1 aromatic heterocycles. The van der Waals surface area contributed by atoms with Gasteiger partial charge in [0.1, 0.15) is 12.2 Å². The summed E-state index contributed by atoms with van der Waals surface area (Å²) in [6.07, 6.45) is 1.73. The van der Waals surface area contributed by atoms with Crippen LogP contribution >= 0.6 is 0 Å². The third-order valence-corrected chi connectivity index (χ3v) is 3.03. The van der Waals surface area contributed by atoms with Crippen LogP contribution in [0.1, 0.15) is 35.5 Å². The Morgan fingerprint density at radius 2 is 1.89 bits per heavy atom. The van der Waals surface area contributed by atoms with Crippen LogP contribution < -0.4 is 5.32 Å². The second-order valence-electron chi connectivity index (χ2n) is 4.90. The van der Waals surface area contributed by atoms with Gasteiger partial charge in [-0.3, -0.25) is 0 Å². The molecule has 0 spiro atoms. The molecular weight excluding hydrogens is 224 g/mol. The van der Waals surface area contributed by atoms with Crippen LogP contribution in [-0.4, -0.2) is 14.8 Å². The molecule has 2 rings (SSSR count). The van der Waals surface area contributed by atoms with Gasteiger partial charge in [-0.15, -0.1) is 10.2 Å². The van der Waals surface area contributed by atoms with Gasteiger partial charge in [-0.1, -0.05) is 29.3 Å². The van der Waals surface area contributed by atoms with Crippen LogP contribution in [-0.2, 0) is 13.6 Å². The minimum Gasteiger partial charge on any atom is -0.319 e. The van der Waals surface area contributed by atoms with Gasteiger partial charge in [0, 0.05) is 13.6 Å². The van der Waals surface area contributed by atoms with Crippen LogP contribution in [0.25, 0.3) is 0 Å². The van der Waals surface area contributed by atoms with E-state index in [2.05, 4.69) is 54.5 Å². The van der Waals surface area contributed by atoms with Gasteiger partial charge < -0.3 is 9.88 Å². The predicted octanol–water partition coefficient (Wildman–Crippen LogP) is 2.28. The molecule has 1 unspecified atom stereocenters. The molecule has 96 valence electrons. The summed E-state index contributed by atoms with van der Waals surface area (Å²) in [7, 11) is 1.96. The fourth-order valence-corrected chi connectivity index (χ4v) is 2.22. The first kappa shape index (κ1) is 12.8. The molecule has 4 nitrogen and oxygen atoms in total. The molecule has 4 heteroatoms. The molecule has 0 amide bonds. The zero-order valence-corrected chi connectivity index (χ0v) is 11.4. The summed E-state index contributed by atoms with van der Waals surface area (Å²) in [6.45, 7) is 7.20. The van der Waals surface area contributed by atoms with E-state index in [1.807, 2.05) is 11.6 Å². The van der Waals surface area contributed by atoms with Crippen molar-refractivity contribution in [2.75, 3.05) is 0 Å². The fourth-order valence-electron chi connectivity index (χ4n) is 2.22. The second kappa shape index (κ2) is 5.31. The Hall–Kier alpha value is -1.68. The molecule has 0 saturated carbocycles. The summed E-state index contributed by atoms with van der Waals surface area (Å²) >= 11 is 0. The number of nitrogens with zero attached hydrogens (tertiary/aromatic N) is 3. The molecule has 2 aromatic rings. The molecule has 0 radical (unpaired) electrons. The summed E-state index contributed by atoms with van der Waals surface area (Å²) < 4.78 is 1.94. The average Bonchev–Trinajstić information content (AvgIpc) is 2.71. The smallest absolute Gasteiger partial charge is 0.149 e. The SMILES string of the molecule is Cc1cc(C)cc(CNC(C)c2nncn2C)c1. The van der Waals surface area contributed by atoms with E-state index in [1.54, 1.807) is 6.33 Å². The lowest BCUT2D eigenvalue weighted by Gasteiger charge is -2.13. The lowest BCUT2D eigenvalue weighted by Crippen LogP contribution is -2.21. The van der Waals surface area contributed by atoms with Crippen LogP contribution in [0.3, 0.4) is 0 Å². The average molecular weight is 244 g/mol. The van der Waals surface area contributed by atoms with Crippen molar-refractivity contribution in [2.24, 2.45) is 7.05 Å². The van der Waals surface area contributed by atoms with Gasteiger partial charge in [0.15, 0.2) is 0 Å². The monoisotopic (exact) mass is 244 g/mol. The lowest BCUT2D eigenvalue weighted by atomic mass is 10.1. The minimum atomic E-state index is 0.193. The van der Waals surface area contributed by atoms with E-state index in [4.69, 9.17) is 0 Å². The van der Waals surface area contributed by atoms with Crippen LogP contribution in [0.15, 0.2) is 24.5 Å². The molecule has 0 aliphatic carbocycles. The highest BCUT2D eigenvalue weighted by atomic mass is 15.3. The van der Waals surface area contributed by atoms with Crippen LogP contribution in [0.2, 0.25) is 0 Å². The molecule has 1 atom stereocenters. The Kier molecular flexibility index (Phi) is 3.77. The second-order valence-corrected chi connectivity index (χ2v) is 4.90. The number of aryl methyl sites for hydroxylation is 3. The molecule has 0 bridgehead atoms. The van der Waals surface area contributed by atoms with E-state index in [0.717, 1.165) is 12.4 Å². The number of benzene rings is 1. The molecule has 1 aromatic carbocycles. The van der Waals surface area contributed by atoms with Crippen molar-refractivity contribution in [1.82, 2.24) is 20.1 Å². The van der Waals surface area contributed by atoms with Gasteiger partial charge in [-0.05, 0) is 26.3 Å². The van der Waals surface area contributed by atoms with Crippen LogP contribution in [0.5, 0.6) is 0 Å². The normalized spacial score (nSPS) is 12.7. The maximum absolute atomic E-state index is 4.11. The third-order valence-electron chi connectivity index (χ3n) is 3.03. The van der Waals surface area contributed by atoms with Gasteiger partial charge in [-0.2, -0.15) is 0 Å². The predicted molar refractivity (Wildman–Crippen MR) is 72.2 cm³/mol. The highest BCUT2D eigenvalue weighted by molar-refractivity contribution is 5.28. The Morgan fingerprint density at radius 3 is 2.44 bits per heavy atom. The number of hydrogen-bond acceptors (Lipinski definition) is 3. The quantitative estimate of drug-likeness (QED) is 0.897. The number of hydrogen-bond donors (Lipinski definition) is 1. The number of aromatic nitrogens is 3. The first-order valence-electron chi connectivity index (χ1n) is 6.20. The molecule has 0 saturated heterocycles. The molecule has 1 heterocycles. The highest BCUT2D eigenvalue weighted by Crippen LogP contribution is 2.12. The molecule has 1 N–H and O–H groups in total. The van der Waals surface area contributed by atoms with Crippen LogP contribution in [0.4, 0.5) is 0 Å². The van der Waals surface area contributed by atoms with E-state index < -0.39 is 0 Å². The summed E-state index contributed by atoms with van der Waals surface area (Å²) in [5.74, 6) is 0.958. The fraction of sp³-hybridized carbons (Fsp3) is 0.429. The number of rotatable bonds is 4. The number of nitrogens with one attached hydrogen (secondary N) is 1. The standard InChI is InChI=1S/C14H20N4/c1-10-5-11(2)7-13(6-10)8-15-12(3)14-17-16-9-18(14)4/h5-7,9,12,15H,8H2,1-4H3. The Morgan fingerprint density at radius 1 is 1.22 bits per heavy atom. The third kappa shape index (κ3) is 2.96. The summed E-state index contributed by atoms with van der Waals surface area (Å²) in [5, 5.41) is 11.5. The maximum atomic E-state index is 4.11. The molecule has 18 heavy (non-hydrogen) atoms. The van der Waals surface area contributed by atoms with Crippen molar-refractivity contribution in [3.05, 3.63) is 47.0 Å². The molecule has 0 aliphatic rings. The van der Waals surface area contributed by atoms with Gasteiger partial charge in [0.05, 0.1) is 6.04 Å². The van der Waals surface area contributed by atoms with Gasteiger partial charge in [0.2, 0.25) is 0 Å². The molecule has 0 fully saturated rings. The van der Waals surface area contributed by atoms with E-state index in [1.165, 1.54) is 16.7 Å². The highest BCUT2D eigenvalue weighted by Gasteiger charge is 2.10. The van der Waals surface area contributed by atoms with E-state index >= 15 is 0 Å². The molecular formula is C14H20N4. The zero-order chi connectivity index (χ0) is 13.1. The van der Waals surface area contributed by atoms with Crippen molar-refractivity contribution in [3.63, 3.8) is 0 Å². The van der Waals surface area contributed by atoms with Crippen molar-refractivity contribution >= 4 is 0 Å². The van der Waals surface area contributed by atoms with Crippen molar-refractivity contribution in [3.8, 4) is 0 Å². The summed E-state index contributed by atoms with van der Waals surface area (Å²) in [5.41, 5.74) is 3.91. The van der Waals surface area contributed by atoms with Crippen molar-refractivity contribution in [1.29, 1.82) is 0 Å². The van der Waals surface area contributed by atoms with Gasteiger partial charge in [-0.25, -0.2) is 0 Å². The van der Waals surface area contributed by atoms with Crippen LogP contribution in [0, 0.1) is 13.8 Å². The van der Waals surface area contributed by atoms with Crippen molar-refractivity contribution in [2.45, 2.75) is 33.4 Å². The molecule has 0 aliphatic heterocycles. The minimum absolute atomic E-state index is 0.193. The Balaban J connectivity index is 2.01. The Labute approximate surface area is 108 Å². The van der Waals surface area contributed by atoms with E-state index in [-0.39, 0.29) is 6.04 Å². The van der Waals surface area contributed by atoms with E-state index in [9.17, 15) is 0 Å². The van der Waals surface area contributed by atoms with Gasteiger partial charge in [0.25, 0.3) is 0 Å². The topological polar surface area (TPSA) is 42.7 Å². The van der Waals surface area contributed by atoms with E-state index in [0.29, 0.717) is 0 Å². The summed E-state index contributed by atoms with van der Waals surface area (Å²) in [6, 6.07) is 6.81. The summed E-state index contributed by atoms with van der Waals surface area (Å²) in [4.78, 5) is 0. The zero-order valence-electron chi connectivity index (χ0n) is 11.4. The Bertz CT molecular complexity index is 510. The first-order valence-corrected chi connectivity index (χ1v) is 6.20. The lowest BCUT2D eigenvalue weighted by molar-refractivity contribution is 0.528. The maximum Gasteiger partial charge on any atom is 0.149 e. The van der Waals surface area contributed by atoms with Gasteiger partial charge >= 0.3 is 0 Å². The first-order chi connectivity index (χ1) is 8.56.